The number of fused-ring (bicyclic) bond motifs is 1. The molecule has 0 spiro atoms. The Labute approximate surface area is 147 Å². The van der Waals surface area contributed by atoms with Crippen LogP contribution in [0.2, 0.25) is 0 Å². The van der Waals surface area contributed by atoms with Gasteiger partial charge >= 0.3 is 0 Å². The molecule has 1 saturated heterocycles. The van der Waals surface area contributed by atoms with Crippen LogP contribution in [0.15, 0.2) is 39.9 Å². The molecule has 1 aliphatic heterocycles. The second kappa shape index (κ2) is 6.45. The number of hydrogen-bond acceptors (Lipinski definition) is 5. The van der Waals surface area contributed by atoms with Crippen molar-refractivity contribution in [3.05, 3.63) is 45.4 Å². The maximum absolute atomic E-state index is 12.6. The first-order valence-electron chi connectivity index (χ1n) is 8.01. The molecule has 24 heavy (non-hydrogen) atoms. The number of halogens is 1. The molecule has 0 bridgehead atoms. The van der Waals surface area contributed by atoms with Gasteiger partial charge in [0.05, 0.1) is 5.69 Å². The van der Waals surface area contributed by atoms with Crippen LogP contribution in [-0.4, -0.2) is 49.1 Å². The first kappa shape index (κ1) is 15.5. The molecule has 0 saturated carbocycles. The van der Waals surface area contributed by atoms with E-state index in [4.69, 9.17) is 0 Å². The average molecular weight is 389 g/mol. The molecular formula is C16H17BrN6O. The van der Waals surface area contributed by atoms with Crippen LogP contribution in [0.5, 0.6) is 0 Å². The number of likely N-dealkylation sites (tertiary alicyclic amines) is 1. The van der Waals surface area contributed by atoms with Gasteiger partial charge in [0.2, 0.25) is 0 Å². The third-order valence-electron chi connectivity index (χ3n) is 4.36. The van der Waals surface area contributed by atoms with E-state index in [0.717, 1.165) is 29.8 Å². The van der Waals surface area contributed by atoms with Crippen molar-refractivity contribution in [3.8, 4) is 5.69 Å². The normalized spacial score (nSPS) is 15.4. The van der Waals surface area contributed by atoms with E-state index in [1.54, 1.807) is 15.6 Å². The zero-order valence-electron chi connectivity index (χ0n) is 13.1. The summed E-state index contributed by atoms with van der Waals surface area (Å²) in [5.74, 6) is 0. The summed E-state index contributed by atoms with van der Waals surface area (Å²) in [5.41, 5.74) is 1.48. The van der Waals surface area contributed by atoms with Gasteiger partial charge in [-0.1, -0.05) is 21.1 Å². The van der Waals surface area contributed by atoms with E-state index in [2.05, 4.69) is 36.1 Å². The van der Waals surface area contributed by atoms with Crippen molar-refractivity contribution >= 4 is 27.1 Å². The maximum atomic E-state index is 12.6. The standard InChI is InChI=1S/C16H17BrN6O/c17-12-3-5-13(6-4-12)23-15-14(19-20-23)16(24)22(11-18-15)10-9-21-7-1-2-8-21/h3-6,11H,1-2,7-10H2. The first-order valence-corrected chi connectivity index (χ1v) is 8.81. The van der Waals surface area contributed by atoms with Gasteiger partial charge in [-0.05, 0) is 50.2 Å². The molecule has 1 aromatic carbocycles. The van der Waals surface area contributed by atoms with E-state index in [1.165, 1.54) is 12.8 Å². The molecule has 0 unspecified atom stereocenters. The van der Waals surface area contributed by atoms with Crippen LogP contribution in [0, 0.1) is 0 Å². The Hall–Kier alpha value is -2.06. The Balaban J connectivity index is 1.65. The molecule has 1 fully saturated rings. The van der Waals surface area contributed by atoms with Crippen molar-refractivity contribution in [2.75, 3.05) is 19.6 Å². The van der Waals surface area contributed by atoms with Gasteiger partial charge in [-0.2, -0.15) is 4.68 Å². The van der Waals surface area contributed by atoms with Crippen molar-refractivity contribution in [1.82, 2.24) is 29.4 Å². The molecular weight excluding hydrogens is 372 g/mol. The summed E-state index contributed by atoms with van der Waals surface area (Å²) >= 11 is 3.41. The van der Waals surface area contributed by atoms with Gasteiger partial charge < -0.3 is 4.90 Å². The summed E-state index contributed by atoms with van der Waals surface area (Å²) in [7, 11) is 0. The van der Waals surface area contributed by atoms with Crippen LogP contribution in [-0.2, 0) is 6.54 Å². The average Bonchev–Trinajstić information content (AvgIpc) is 3.25. The zero-order chi connectivity index (χ0) is 16.5. The molecule has 0 N–H and O–H groups in total. The van der Waals surface area contributed by atoms with E-state index < -0.39 is 0 Å². The highest BCUT2D eigenvalue weighted by atomic mass is 79.9. The predicted molar refractivity (Wildman–Crippen MR) is 94.3 cm³/mol. The highest BCUT2D eigenvalue weighted by molar-refractivity contribution is 9.10. The van der Waals surface area contributed by atoms with Crippen LogP contribution in [0.25, 0.3) is 16.9 Å². The van der Waals surface area contributed by atoms with Crippen LogP contribution in [0.4, 0.5) is 0 Å². The lowest BCUT2D eigenvalue weighted by Gasteiger charge is -2.14. The van der Waals surface area contributed by atoms with Crippen molar-refractivity contribution in [3.63, 3.8) is 0 Å². The minimum absolute atomic E-state index is 0.137. The third-order valence-corrected chi connectivity index (χ3v) is 4.89. The van der Waals surface area contributed by atoms with E-state index in [1.807, 2.05) is 24.3 Å². The molecule has 0 radical (unpaired) electrons. The van der Waals surface area contributed by atoms with E-state index in [0.29, 0.717) is 17.7 Å². The number of hydrogen-bond donors (Lipinski definition) is 0. The summed E-state index contributed by atoms with van der Waals surface area (Å²) in [6, 6.07) is 7.64. The van der Waals surface area contributed by atoms with E-state index in [9.17, 15) is 4.79 Å². The fourth-order valence-corrected chi connectivity index (χ4v) is 3.28. The number of nitrogens with zero attached hydrogens (tertiary/aromatic N) is 6. The lowest BCUT2D eigenvalue weighted by Crippen LogP contribution is -2.29. The Bertz CT molecular complexity index is 910. The zero-order valence-corrected chi connectivity index (χ0v) is 14.7. The molecule has 1 aliphatic rings. The highest BCUT2D eigenvalue weighted by Crippen LogP contribution is 2.15. The minimum Gasteiger partial charge on any atom is -0.302 e. The Kier molecular flexibility index (Phi) is 4.15. The summed E-state index contributed by atoms with van der Waals surface area (Å²) in [6.07, 6.45) is 4.08. The Morgan fingerprint density at radius 1 is 1.08 bits per heavy atom. The molecule has 7 nitrogen and oxygen atoms in total. The van der Waals surface area contributed by atoms with Crippen molar-refractivity contribution < 1.29 is 0 Å². The maximum Gasteiger partial charge on any atom is 0.283 e. The Morgan fingerprint density at radius 2 is 1.83 bits per heavy atom. The summed E-state index contributed by atoms with van der Waals surface area (Å²) in [6.45, 7) is 3.73. The van der Waals surface area contributed by atoms with E-state index in [-0.39, 0.29) is 5.56 Å². The van der Waals surface area contributed by atoms with Gasteiger partial charge in [0, 0.05) is 17.6 Å². The smallest absolute Gasteiger partial charge is 0.283 e. The largest absolute Gasteiger partial charge is 0.302 e. The van der Waals surface area contributed by atoms with Gasteiger partial charge in [0.1, 0.15) is 6.33 Å². The highest BCUT2D eigenvalue weighted by Gasteiger charge is 2.15. The van der Waals surface area contributed by atoms with Gasteiger partial charge in [-0.25, -0.2) is 4.98 Å². The molecule has 4 rings (SSSR count). The Morgan fingerprint density at radius 3 is 2.58 bits per heavy atom. The minimum atomic E-state index is -0.137. The molecule has 3 aromatic rings. The van der Waals surface area contributed by atoms with Crippen LogP contribution in [0.3, 0.4) is 0 Å². The monoisotopic (exact) mass is 388 g/mol. The van der Waals surface area contributed by atoms with Gasteiger partial charge in [0.25, 0.3) is 5.56 Å². The molecule has 0 aliphatic carbocycles. The fraction of sp³-hybridized carbons (Fsp3) is 0.375. The number of benzene rings is 1. The molecule has 124 valence electrons. The SMILES string of the molecule is O=c1c2nnn(-c3ccc(Br)cc3)c2ncn1CCN1CCCC1. The number of aromatic nitrogens is 5. The molecule has 0 atom stereocenters. The summed E-state index contributed by atoms with van der Waals surface area (Å²) in [5, 5.41) is 8.15. The quantitative estimate of drug-likeness (QED) is 0.681. The van der Waals surface area contributed by atoms with Crippen LogP contribution in [0.1, 0.15) is 12.8 Å². The van der Waals surface area contributed by atoms with E-state index >= 15 is 0 Å². The second-order valence-electron chi connectivity index (χ2n) is 5.94. The summed E-state index contributed by atoms with van der Waals surface area (Å²) in [4.78, 5) is 19.4. The molecule has 8 heteroatoms. The van der Waals surface area contributed by atoms with Gasteiger partial charge in [0.15, 0.2) is 11.2 Å². The number of rotatable bonds is 4. The topological polar surface area (TPSA) is 68.8 Å². The van der Waals surface area contributed by atoms with Crippen LogP contribution < -0.4 is 5.56 Å². The second-order valence-corrected chi connectivity index (χ2v) is 6.86. The third kappa shape index (κ3) is 2.87. The molecule has 3 heterocycles. The van der Waals surface area contributed by atoms with Gasteiger partial charge in [-0.3, -0.25) is 9.36 Å². The predicted octanol–water partition coefficient (Wildman–Crippen LogP) is 1.84. The van der Waals surface area contributed by atoms with Crippen molar-refractivity contribution in [2.45, 2.75) is 19.4 Å². The lowest BCUT2D eigenvalue weighted by molar-refractivity contribution is 0.320. The fourth-order valence-electron chi connectivity index (χ4n) is 3.01. The van der Waals surface area contributed by atoms with Gasteiger partial charge in [-0.15, -0.1) is 5.10 Å². The lowest BCUT2D eigenvalue weighted by atomic mass is 10.3. The molecule has 2 aromatic heterocycles. The van der Waals surface area contributed by atoms with Crippen molar-refractivity contribution in [2.24, 2.45) is 0 Å². The van der Waals surface area contributed by atoms with Crippen LogP contribution >= 0.6 is 15.9 Å². The molecule has 0 amide bonds. The summed E-state index contributed by atoms with van der Waals surface area (Å²) < 4.78 is 4.20. The van der Waals surface area contributed by atoms with Crippen molar-refractivity contribution in [1.29, 1.82) is 0 Å². The first-order chi connectivity index (χ1) is 11.7.